The number of rotatable bonds is 2. The number of nitro groups is 1. The molecule has 3 atom stereocenters. The predicted molar refractivity (Wildman–Crippen MR) is 95.6 cm³/mol. The van der Waals surface area contributed by atoms with Crippen LogP contribution in [-0.2, 0) is 0 Å². The van der Waals surface area contributed by atoms with Gasteiger partial charge in [-0.3, -0.25) is 10.1 Å². The Morgan fingerprint density at radius 3 is 2.67 bits per heavy atom. The molecule has 1 aliphatic carbocycles. The van der Waals surface area contributed by atoms with E-state index in [1.165, 1.54) is 11.1 Å². The Balaban J connectivity index is 1.78. The van der Waals surface area contributed by atoms with Crippen LogP contribution < -0.4 is 5.32 Å². The average Bonchev–Trinajstić information content (AvgIpc) is 3.07. The number of hydrogen-bond acceptors (Lipinski definition) is 3. The van der Waals surface area contributed by atoms with Crippen LogP contribution in [0.25, 0.3) is 0 Å². The first-order chi connectivity index (χ1) is 11.6. The molecular weight excluding hydrogens is 324 g/mol. The Morgan fingerprint density at radius 2 is 1.96 bits per heavy atom. The Morgan fingerprint density at radius 1 is 1.21 bits per heavy atom. The van der Waals surface area contributed by atoms with Crippen LogP contribution in [0.1, 0.15) is 35.1 Å². The van der Waals surface area contributed by atoms with Gasteiger partial charge in [-0.05, 0) is 36.5 Å². The van der Waals surface area contributed by atoms with Crippen molar-refractivity contribution in [3.05, 3.63) is 80.4 Å². The summed E-state index contributed by atoms with van der Waals surface area (Å²) < 4.78 is 0. The molecule has 4 rings (SSSR count). The van der Waals surface area contributed by atoms with Crippen molar-refractivity contribution in [2.24, 2.45) is 5.92 Å². The van der Waals surface area contributed by atoms with Crippen LogP contribution in [0.5, 0.6) is 0 Å². The molecule has 2 aliphatic rings. The van der Waals surface area contributed by atoms with Crippen molar-refractivity contribution in [2.75, 3.05) is 5.32 Å². The van der Waals surface area contributed by atoms with E-state index in [-0.39, 0.29) is 22.6 Å². The van der Waals surface area contributed by atoms with Crippen molar-refractivity contribution in [3.63, 3.8) is 0 Å². The topological polar surface area (TPSA) is 55.2 Å². The molecule has 4 nitrogen and oxygen atoms in total. The third kappa shape index (κ3) is 2.29. The van der Waals surface area contributed by atoms with Crippen LogP contribution in [0.3, 0.4) is 0 Å². The van der Waals surface area contributed by atoms with Crippen molar-refractivity contribution in [1.29, 1.82) is 0 Å². The molecule has 1 N–H and O–H groups in total. The summed E-state index contributed by atoms with van der Waals surface area (Å²) in [7, 11) is 0. The van der Waals surface area contributed by atoms with Crippen molar-refractivity contribution < 1.29 is 4.92 Å². The number of nitrogens with zero attached hydrogens (tertiary/aromatic N) is 1. The number of nitrogens with one attached hydrogen (secondary N) is 1. The van der Waals surface area contributed by atoms with Crippen LogP contribution >= 0.6 is 11.6 Å². The first-order valence-corrected chi connectivity index (χ1v) is 8.40. The molecule has 24 heavy (non-hydrogen) atoms. The lowest BCUT2D eigenvalue weighted by Gasteiger charge is -2.38. The zero-order valence-corrected chi connectivity index (χ0v) is 14.0. The van der Waals surface area contributed by atoms with Crippen molar-refractivity contribution in [2.45, 2.75) is 25.3 Å². The second-order valence-electron chi connectivity index (χ2n) is 6.48. The van der Waals surface area contributed by atoms with E-state index < -0.39 is 0 Å². The van der Waals surface area contributed by atoms with Gasteiger partial charge in [0.25, 0.3) is 5.69 Å². The number of hydrogen-bond donors (Lipinski definition) is 1. The van der Waals surface area contributed by atoms with Gasteiger partial charge in [-0.1, -0.05) is 42.0 Å². The third-order valence-corrected chi connectivity index (χ3v) is 5.47. The van der Waals surface area contributed by atoms with E-state index in [0.29, 0.717) is 5.92 Å². The first kappa shape index (κ1) is 15.2. The van der Waals surface area contributed by atoms with Crippen molar-refractivity contribution in [1.82, 2.24) is 0 Å². The van der Waals surface area contributed by atoms with E-state index in [2.05, 4.69) is 24.4 Å². The highest BCUT2D eigenvalue weighted by molar-refractivity contribution is 6.32. The number of allylic oxidation sites excluding steroid dienone is 2. The zero-order valence-electron chi connectivity index (χ0n) is 13.2. The highest BCUT2D eigenvalue weighted by atomic mass is 35.5. The SMILES string of the molecule is Cc1ccc(Cl)c2c1N[C@@H](c1ccc([N+](=O)[O-])cc1)[C@H]1CC=C[C@H]21. The standard InChI is InChI=1S/C19H17ClN2O2/c1-11-5-10-16(20)17-14-3-2-4-15(14)19(21-18(11)17)12-6-8-13(9-7-12)22(23)24/h2-3,5-10,14-15,19,21H,4H2,1H3/t14-,15-,19-/m0/s1. The fourth-order valence-electron chi connectivity index (χ4n) is 3.94. The van der Waals surface area contributed by atoms with Crippen LogP contribution in [-0.4, -0.2) is 4.92 Å². The first-order valence-electron chi connectivity index (χ1n) is 8.03. The van der Waals surface area contributed by atoms with E-state index in [0.717, 1.165) is 22.7 Å². The summed E-state index contributed by atoms with van der Waals surface area (Å²) in [6, 6.07) is 11.0. The van der Waals surface area contributed by atoms with E-state index >= 15 is 0 Å². The summed E-state index contributed by atoms with van der Waals surface area (Å²) in [4.78, 5) is 10.5. The maximum atomic E-state index is 10.9. The summed E-state index contributed by atoms with van der Waals surface area (Å²) >= 11 is 6.48. The molecule has 0 aromatic heterocycles. The minimum absolute atomic E-state index is 0.121. The number of anilines is 1. The van der Waals surface area contributed by atoms with Gasteiger partial charge in [-0.25, -0.2) is 0 Å². The number of benzene rings is 2. The molecule has 1 aliphatic heterocycles. The van der Waals surface area contributed by atoms with Gasteiger partial charge in [0, 0.05) is 34.3 Å². The highest BCUT2D eigenvalue weighted by Crippen LogP contribution is 2.52. The predicted octanol–water partition coefficient (Wildman–Crippen LogP) is 5.38. The summed E-state index contributed by atoms with van der Waals surface area (Å²) in [5.41, 5.74) is 4.63. The smallest absolute Gasteiger partial charge is 0.269 e. The second kappa shape index (κ2) is 5.64. The number of halogens is 1. The molecule has 122 valence electrons. The number of nitro benzene ring substituents is 1. The molecule has 2 aromatic rings. The average molecular weight is 341 g/mol. The number of non-ortho nitro benzene ring substituents is 1. The molecule has 0 radical (unpaired) electrons. The number of aryl methyl sites for hydroxylation is 1. The minimum Gasteiger partial charge on any atom is -0.377 e. The molecular formula is C19H17ClN2O2. The maximum absolute atomic E-state index is 10.9. The van der Waals surface area contributed by atoms with Crippen LogP contribution in [0.2, 0.25) is 5.02 Å². The van der Waals surface area contributed by atoms with Gasteiger partial charge >= 0.3 is 0 Å². The summed E-state index contributed by atoms with van der Waals surface area (Å²) in [6.07, 6.45) is 5.43. The van der Waals surface area contributed by atoms with Crippen LogP contribution in [0.4, 0.5) is 11.4 Å². The highest BCUT2D eigenvalue weighted by Gasteiger charge is 2.39. The van der Waals surface area contributed by atoms with Gasteiger partial charge in [-0.15, -0.1) is 0 Å². The van der Waals surface area contributed by atoms with Crippen molar-refractivity contribution in [3.8, 4) is 0 Å². The largest absolute Gasteiger partial charge is 0.377 e. The molecule has 0 spiro atoms. The molecule has 0 saturated heterocycles. The quantitative estimate of drug-likeness (QED) is 0.453. The van der Waals surface area contributed by atoms with Gasteiger partial charge in [0.15, 0.2) is 0 Å². The molecule has 5 heteroatoms. The van der Waals surface area contributed by atoms with E-state index in [1.54, 1.807) is 12.1 Å². The summed E-state index contributed by atoms with van der Waals surface area (Å²) in [5.74, 6) is 0.659. The van der Waals surface area contributed by atoms with Crippen LogP contribution in [0.15, 0.2) is 48.6 Å². The van der Waals surface area contributed by atoms with E-state index in [9.17, 15) is 10.1 Å². The van der Waals surface area contributed by atoms with Gasteiger partial charge in [0.2, 0.25) is 0 Å². The Kier molecular flexibility index (Phi) is 3.57. The van der Waals surface area contributed by atoms with Crippen LogP contribution in [0, 0.1) is 23.0 Å². The fraction of sp³-hybridized carbons (Fsp3) is 0.263. The molecule has 0 amide bonds. The lowest BCUT2D eigenvalue weighted by Crippen LogP contribution is -2.29. The third-order valence-electron chi connectivity index (χ3n) is 5.14. The van der Waals surface area contributed by atoms with E-state index in [4.69, 9.17) is 11.6 Å². The number of fused-ring (bicyclic) bond motifs is 3. The normalized spacial score (nSPS) is 24.2. The van der Waals surface area contributed by atoms with Gasteiger partial charge < -0.3 is 5.32 Å². The molecule has 0 bridgehead atoms. The van der Waals surface area contributed by atoms with Gasteiger partial charge in [0.1, 0.15) is 0 Å². The minimum atomic E-state index is -0.364. The Bertz CT molecular complexity index is 845. The zero-order chi connectivity index (χ0) is 16.8. The molecule has 1 heterocycles. The Labute approximate surface area is 145 Å². The monoisotopic (exact) mass is 340 g/mol. The summed E-state index contributed by atoms with van der Waals surface area (Å²) in [6.45, 7) is 2.08. The molecule has 0 saturated carbocycles. The Hall–Kier alpha value is -2.33. The lowest BCUT2D eigenvalue weighted by atomic mass is 9.76. The molecule has 2 aromatic carbocycles. The van der Waals surface area contributed by atoms with Gasteiger partial charge in [0.05, 0.1) is 11.0 Å². The van der Waals surface area contributed by atoms with Gasteiger partial charge in [-0.2, -0.15) is 0 Å². The summed E-state index contributed by atoms with van der Waals surface area (Å²) in [5, 5.41) is 15.3. The molecule has 0 unspecified atom stereocenters. The maximum Gasteiger partial charge on any atom is 0.269 e. The molecule has 0 fully saturated rings. The lowest BCUT2D eigenvalue weighted by molar-refractivity contribution is -0.384. The van der Waals surface area contributed by atoms with Crippen molar-refractivity contribution >= 4 is 23.0 Å². The van der Waals surface area contributed by atoms with E-state index in [1.807, 2.05) is 24.3 Å². The fourth-order valence-corrected chi connectivity index (χ4v) is 4.23. The second-order valence-corrected chi connectivity index (χ2v) is 6.88.